The van der Waals surface area contributed by atoms with Gasteiger partial charge in [-0.3, -0.25) is 0 Å². The number of rotatable bonds is 1. The Hall–Kier alpha value is -1.17. The van der Waals surface area contributed by atoms with Crippen LogP contribution in [0.4, 0.5) is 0 Å². The van der Waals surface area contributed by atoms with Crippen LogP contribution in [0.25, 0.3) is 0 Å². The zero-order valence-electron chi connectivity index (χ0n) is 10.2. The second-order valence-corrected chi connectivity index (χ2v) is 5.80. The molecule has 0 saturated carbocycles. The topological polar surface area (TPSA) is 26.0 Å². The Bertz CT molecular complexity index is 485. The van der Waals surface area contributed by atoms with Crippen molar-refractivity contribution < 1.29 is 0 Å². The average Bonchev–Trinajstić information content (AvgIpc) is 2.49. The van der Waals surface area contributed by atoms with E-state index in [1.165, 1.54) is 21.8 Å². The number of fused-ring (bicyclic) bond motifs is 1. The fourth-order valence-electron chi connectivity index (χ4n) is 2.23. The van der Waals surface area contributed by atoms with Crippen molar-refractivity contribution in [3.63, 3.8) is 0 Å². The highest BCUT2D eigenvalue weighted by atomic mass is 31.1. The number of hydrogen-bond donors (Lipinski definition) is 1. The van der Waals surface area contributed by atoms with Crippen molar-refractivity contribution >= 4 is 13.4 Å². The molecule has 2 rings (SSSR count). The number of hydrogen-bond acceptors (Lipinski definition) is 1. The summed E-state index contributed by atoms with van der Waals surface area (Å²) in [6.07, 6.45) is 8.26. The molecule has 1 unspecified atom stereocenters. The molecule has 17 heavy (non-hydrogen) atoms. The number of aryl methyl sites for hydroxylation is 1. The van der Waals surface area contributed by atoms with Crippen LogP contribution in [0.3, 0.4) is 0 Å². The first-order valence-corrected chi connectivity index (χ1v) is 7.30. The van der Waals surface area contributed by atoms with Gasteiger partial charge in [0, 0.05) is 8.07 Å². The summed E-state index contributed by atoms with van der Waals surface area (Å²) in [5, 5.41) is 2.58. The van der Waals surface area contributed by atoms with Crippen LogP contribution in [0.15, 0.2) is 60.0 Å². The predicted molar refractivity (Wildman–Crippen MR) is 77.5 cm³/mol. The summed E-state index contributed by atoms with van der Waals surface area (Å²) in [5.41, 5.74) is 9.22. The standard InChI is InChI=1S/C15H18NP/c1-3-7-14-12(4-2)10-11-13-8-5-6-9-15(13)17(14)16/h3-9H,1,10-11,16H2,2H3/b12-4-,14-7+. The van der Waals surface area contributed by atoms with Crippen molar-refractivity contribution in [1.29, 1.82) is 0 Å². The first kappa shape index (κ1) is 12.3. The van der Waals surface area contributed by atoms with Gasteiger partial charge >= 0.3 is 0 Å². The molecule has 0 aromatic heterocycles. The van der Waals surface area contributed by atoms with Crippen molar-refractivity contribution in [3.8, 4) is 0 Å². The van der Waals surface area contributed by atoms with Gasteiger partial charge in [0.1, 0.15) is 0 Å². The van der Waals surface area contributed by atoms with E-state index in [9.17, 15) is 0 Å². The second kappa shape index (κ2) is 5.44. The fourth-order valence-corrected chi connectivity index (χ4v) is 4.05. The molecule has 88 valence electrons. The molecule has 2 N–H and O–H groups in total. The van der Waals surface area contributed by atoms with E-state index in [4.69, 9.17) is 5.50 Å². The highest BCUT2D eigenvalue weighted by molar-refractivity contribution is 7.67. The molecule has 0 aliphatic carbocycles. The van der Waals surface area contributed by atoms with E-state index in [1.807, 2.05) is 6.08 Å². The van der Waals surface area contributed by atoms with Gasteiger partial charge < -0.3 is 5.50 Å². The Balaban J connectivity index is 2.53. The van der Waals surface area contributed by atoms with Crippen LogP contribution in [-0.4, -0.2) is 0 Å². The minimum atomic E-state index is -0.727. The van der Waals surface area contributed by atoms with Crippen molar-refractivity contribution in [2.45, 2.75) is 19.8 Å². The number of benzene rings is 1. The molecule has 1 aliphatic rings. The lowest BCUT2D eigenvalue weighted by Gasteiger charge is -2.16. The van der Waals surface area contributed by atoms with Gasteiger partial charge in [0.15, 0.2) is 0 Å². The molecule has 1 atom stereocenters. The van der Waals surface area contributed by atoms with Gasteiger partial charge in [-0.05, 0) is 41.5 Å². The number of allylic oxidation sites excluding steroid dienone is 5. The molecule has 0 amide bonds. The fraction of sp³-hybridized carbons (Fsp3) is 0.200. The first-order valence-electron chi connectivity index (χ1n) is 5.89. The molecule has 0 bridgehead atoms. The maximum Gasteiger partial charge on any atom is 0.0230 e. The lowest BCUT2D eigenvalue weighted by atomic mass is 10.0. The van der Waals surface area contributed by atoms with E-state index in [-0.39, 0.29) is 0 Å². The molecule has 0 fully saturated rings. The molecule has 2 heteroatoms. The van der Waals surface area contributed by atoms with E-state index < -0.39 is 8.07 Å². The van der Waals surface area contributed by atoms with Crippen LogP contribution >= 0.6 is 8.07 Å². The monoisotopic (exact) mass is 243 g/mol. The smallest absolute Gasteiger partial charge is 0.0230 e. The van der Waals surface area contributed by atoms with Gasteiger partial charge in [-0.2, -0.15) is 0 Å². The molecular weight excluding hydrogens is 225 g/mol. The SMILES string of the molecule is C=C/C=C1\C(=C/C)CCc2ccccc2P1N. The molecule has 1 nitrogen and oxygen atoms in total. The lowest BCUT2D eigenvalue weighted by molar-refractivity contribution is 0.970. The van der Waals surface area contributed by atoms with E-state index in [1.54, 1.807) is 0 Å². The maximum absolute atomic E-state index is 6.45. The maximum atomic E-state index is 6.45. The summed E-state index contributed by atoms with van der Waals surface area (Å²) in [5.74, 6) is 0. The minimum absolute atomic E-state index is 0.727. The van der Waals surface area contributed by atoms with Crippen molar-refractivity contribution in [1.82, 2.24) is 0 Å². The summed E-state index contributed by atoms with van der Waals surface area (Å²) in [6, 6.07) is 8.53. The third-order valence-electron chi connectivity index (χ3n) is 3.13. The second-order valence-electron chi connectivity index (χ2n) is 4.10. The first-order chi connectivity index (χ1) is 8.27. The zero-order valence-corrected chi connectivity index (χ0v) is 11.1. The van der Waals surface area contributed by atoms with Gasteiger partial charge in [-0.25, -0.2) is 0 Å². The molecule has 1 aliphatic heterocycles. The van der Waals surface area contributed by atoms with Crippen LogP contribution in [0, 0.1) is 0 Å². The van der Waals surface area contributed by atoms with Crippen LogP contribution in [0.1, 0.15) is 18.9 Å². The molecule has 1 aromatic rings. The van der Waals surface area contributed by atoms with E-state index in [2.05, 4.69) is 49.9 Å². The Morgan fingerprint density at radius 1 is 1.29 bits per heavy atom. The van der Waals surface area contributed by atoms with Gasteiger partial charge in [-0.15, -0.1) is 0 Å². The van der Waals surface area contributed by atoms with E-state index >= 15 is 0 Å². The van der Waals surface area contributed by atoms with Crippen LogP contribution in [-0.2, 0) is 6.42 Å². The van der Waals surface area contributed by atoms with E-state index in [0.717, 1.165) is 12.8 Å². The predicted octanol–water partition coefficient (Wildman–Crippen LogP) is 3.63. The summed E-state index contributed by atoms with van der Waals surface area (Å²) in [6.45, 7) is 5.88. The van der Waals surface area contributed by atoms with E-state index in [0.29, 0.717) is 0 Å². The minimum Gasteiger partial charge on any atom is -0.302 e. The summed E-state index contributed by atoms with van der Waals surface area (Å²) in [7, 11) is -0.727. The molecule has 1 heterocycles. The molecule has 0 saturated heterocycles. The van der Waals surface area contributed by atoms with Crippen molar-refractivity contribution in [2.75, 3.05) is 0 Å². The van der Waals surface area contributed by atoms with Crippen LogP contribution in [0.2, 0.25) is 0 Å². The summed E-state index contributed by atoms with van der Waals surface area (Å²) < 4.78 is 0. The highest BCUT2D eigenvalue weighted by Crippen LogP contribution is 2.45. The van der Waals surface area contributed by atoms with Crippen LogP contribution < -0.4 is 10.8 Å². The third-order valence-corrected chi connectivity index (χ3v) is 5.04. The van der Waals surface area contributed by atoms with Gasteiger partial charge in [0.2, 0.25) is 0 Å². The normalized spacial score (nSPS) is 24.5. The average molecular weight is 243 g/mol. The summed E-state index contributed by atoms with van der Waals surface area (Å²) in [4.78, 5) is 0. The Kier molecular flexibility index (Phi) is 3.93. The van der Waals surface area contributed by atoms with Crippen LogP contribution in [0.5, 0.6) is 0 Å². The molecule has 1 aromatic carbocycles. The quantitative estimate of drug-likeness (QED) is 0.749. The highest BCUT2D eigenvalue weighted by Gasteiger charge is 2.21. The lowest BCUT2D eigenvalue weighted by Crippen LogP contribution is -2.11. The van der Waals surface area contributed by atoms with Gasteiger partial charge in [0.05, 0.1) is 0 Å². The molecular formula is C15H18NP. The van der Waals surface area contributed by atoms with Gasteiger partial charge in [-0.1, -0.05) is 49.1 Å². The Morgan fingerprint density at radius 3 is 2.76 bits per heavy atom. The third kappa shape index (κ3) is 2.41. The van der Waals surface area contributed by atoms with Crippen molar-refractivity contribution in [3.05, 3.63) is 65.5 Å². The van der Waals surface area contributed by atoms with Crippen molar-refractivity contribution in [2.24, 2.45) is 5.50 Å². The largest absolute Gasteiger partial charge is 0.302 e. The molecule has 0 spiro atoms. The summed E-state index contributed by atoms with van der Waals surface area (Å²) >= 11 is 0. The Morgan fingerprint density at radius 2 is 2.06 bits per heavy atom. The zero-order chi connectivity index (χ0) is 12.3. The molecule has 0 radical (unpaired) electrons. The van der Waals surface area contributed by atoms with Gasteiger partial charge in [0.25, 0.3) is 0 Å². The number of nitrogens with two attached hydrogens (primary N) is 1. The Labute approximate surface area is 105 Å².